The number of hydrogen-bond donors (Lipinski definition) is 1. The summed E-state index contributed by atoms with van der Waals surface area (Å²) in [5.41, 5.74) is 5.90. The molecule has 0 atom stereocenters. The number of fused-ring (bicyclic) bond motifs is 6. The van der Waals surface area contributed by atoms with E-state index in [-0.39, 0.29) is 0 Å². The van der Waals surface area contributed by atoms with Crippen molar-refractivity contribution in [3.8, 4) is 0 Å². The van der Waals surface area contributed by atoms with E-state index < -0.39 is 0 Å². The minimum atomic E-state index is 1.05. The molecule has 0 saturated carbocycles. The van der Waals surface area contributed by atoms with Crippen LogP contribution in [0, 0.1) is 13.8 Å². The summed E-state index contributed by atoms with van der Waals surface area (Å²) in [6.45, 7) is 4.31. The van der Waals surface area contributed by atoms with Crippen LogP contribution >= 0.6 is 0 Å². The highest BCUT2D eigenvalue weighted by Gasteiger charge is 2.10. The molecule has 0 saturated heterocycles. The lowest BCUT2D eigenvalue weighted by molar-refractivity contribution is 1.26. The minimum Gasteiger partial charge on any atom is -0.358 e. The van der Waals surface area contributed by atoms with Crippen molar-refractivity contribution >= 4 is 43.5 Å². The molecule has 0 bridgehead atoms. The lowest BCUT2D eigenvalue weighted by Crippen LogP contribution is -1.85. The summed E-state index contributed by atoms with van der Waals surface area (Å²) in [4.78, 5) is 8.37. The predicted molar refractivity (Wildman–Crippen MR) is 98.1 cm³/mol. The molecule has 110 valence electrons. The molecule has 0 fully saturated rings. The van der Waals surface area contributed by atoms with Gasteiger partial charge in [-0.25, -0.2) is 4.98 Å². The molecular weight excluding hydrogens is 280 g/mol. The van der Waals surface area contributed by atoms with Gasteiger partial charge in [0, 0.05) is 27.2 Å². The fourth-order valence-corrected chi connectivity index (χ4v) is 3.59. The molecule has 5 rings (SSSR count). The number of nitrogens with zero attached hydrogens (tertiary/aromatic N) is 1. The van der Waals surface area contributed by atoms with Crippen LogP contribution in [-0.2, 0) is 0 Å². The number of rotatable bonds is 0. The highest BCUT2D eigenvalue weighted by molar-refractivity contribution is 6.17. The molecule has 2 nitrogen and oxygen atoms in total. The number of aromatic amines is 1. The number of nitrogens with one attached hydrogen (secondary N) is 1. The minimum absolute atomic E-state index is 1.05. The van der Waals surface area contributed by atoms with Gasteiger partial charge in [0.1, 0.15) is 0 Å². The molecule has 2 aromatic heterocycles. The molecule has 0 aliphatic heterocycles. The molecule has 1 N–H and O–H groups in total. The van der Waals surface area contributed by atoms with Gasteiger partial charge >= 0.3 is 0 Å². The molecule has 5 aromatic rings. The monoisotopic (exact) mass is 296 g/mol. The van der Waals surface area contributed by atoms with E-state index in [1.54, 1.807) is 0 Å². The number of hydrogen-bond acceptors (Lipinski definition) is 1. The van der Waals surface area contributed by atoms with Crippen LogP contribution in [0.2, 0.25) is 0 Å². The van der Waals surface area contributed by atoms with Crippen molar-refractivity contribution in [1.82, 2.24) is 9.97 Å². The summed E-state index contributed by atoms with van der Waals surface area (Å²) in [6.07, 6.45) is 0. The topological polar surface area (TPSA) is 28.7 Å². The van der Waals surface area contributed by atoms with Crippen LogP contribution in [0.3, 0.4) is 0 Å². The molecule has 2 heterocycles. The SMILES string of the molecule is Cc1[nH]c2c(ccc3c4cc5ccccc5nc4ccc32)c1C. The first kappa shape index (κ1) is 12.7. The van der Waals surface area contributed by atoms with Gasteiger partial charge in [-0.15, -0.1) is 0 Å². The Hall–Kier alpha value is -2.87. The van der Waals surface area contributed by atoms with Gasteiger partial charge in [-0.2, -0.15) is 0 Å². The largest absolute Gasteiger partial charge is 0.358 e. The second-order valence-electron chi connectivity index (χ2n) is 6.27. The molecular formula is C21H16N2. The van der Waals surface area contributed by atoms with Crippen molar-refractivity contribution in [2.24, 2.45) is 0 Å². The first-order chi connectivity index (χ1) is 11.2. The second kappa shape index (κ2) is 4.32. The molecule has 0 aliphatic carbocycles. The molecule has 23 heavy (non-hydrogen) atoms. The van der Waals surface area contributed by atoms with Gasteiger partial charge in [-0.3, -0.25) is 0 Å². The zero-order valence-electron chi connectivity index (χ0n) is 13.1. The van der Waals surface area contributed by atoms with Crippen molar-refractivity contribution in [3.63, 3.8) is 0 Å². The van der Waals surface area contributed by atoms with Gasteiger partial charge in [0.15, 0.2) is 0 Å². The van der Waals surface area contributed by atoms with Crippen molar-refractivity contribution < 1.29 is 0 Å². The van der Waals surface area contributed by atoms with Crippen LogP contribution in [0.5, 0.6) is 0 Å². The smallest absolute Gasteiger partial charge is 0.0716 e. The van der Waals surface area contributed by atoms with Crippen molar-refractivity contribution in [2.45, 2.75) is 13.8 Å². The Bertz CT molecular complexity index is 1230. The van der Waals surface area contributed by atoms with Crippen molar-refractivity contribution in [2.75, 3.05) is 0 Å². The number of para-hydroxylation sites is 1. The highest BCUT2D eigenvalue weighted by Crippen LogP contribution is 2.33. The van der Waals surface area contributed by atoms with E-state index in [0.29, 0.717) is 0 Å². The maximum atomic E-state index is 4.82. The summed E-state index contributed by atoms with van der Waals surface area (Å²) < 4.78 is 0. The average Bonchev–Trinajstić information content (AvgIpc) is 2.87. The first-order valence-electron chi connectivity index (χ1n) is 7.92. The third-order valence-electron chi connectivity index (χ3n) is 4.98. The molecule has 3 aromatic carbocycles. The van der Waals surface area contributed by atoms with Gasteiger partial charge in [0.25, 0.3) is 0 Å². The van der Waals surface area contributed by atoms with Crippen molar-refractivity contribution in [3.05, 3.63) is 65.9 Å². The van der Waals surface area contributed by atoms with E-state index in [0.717, 1.165) is 11.0 Å². The molecule has 0 amide bonds. The Morgan fingerprint density at radius 3 is 2.43 bits per heavy atom. The van der Waals surface area contributed by atoms with E-state index >= 15 is 0 Å². The molecule has 0 radical (unpaired) electrons. The van der Waals surface area contributed by atoms with E-state index in [1.165, 1.54) is 43.7 Å². The molecule has 0 spiro atoms. The first-order valence-corrected chi connectivity index (χ1v) is 7.92. The summed E-state index contributed by atoms with van der Waals surface area (Å²) >= 11 is 0. The Labute approximate surface area is 133 Å². The van der Waals surface area contributed by atoms with Gasteiger partial charge in [-0.1, -0.05) is 36.4 Å². The average molecular weight is 296 g/mol. The Morgan fingerprint density at radius 2 is 1.52 bits per heavy atom. The summed E-state index contributed by atoms with van der Waals surface area (Å²) in [6, 6.07) is 19.3. The highest BCUT2D eigenvalue weighted by atomic mass is 14.7. The zero-order chi connectivity index (χ0) is 15.6. The third kappa shape index (κ3) is 1.66. The second-order valence-corrected chi connectivity index (χ2v) is 6.27. The van der Waals surface area contributed by atoms with E-state index in [4.69, 9.17) is 4.98 Å². The zero-order valence-corrected chi connectivity index (χ0v) is 13.1. The fourth-order valence-electron chi connectivity index (χ4n) is 3.59. The standard InChI is InChI=1S/C21H16N2/c1-12-13(2)22-21-15(12)7-8-16-17(21)9-10-20-18(16)11-14-5-3-4-6-19(14)23-20/h3-11,22H,1-2H3. The Balaban J connectivity index is 2.00. The summed E-state index contributed by atoms with van der Waals surface area (Å²) in [5, 5.41) is 6.24. The van der Waals surface area contributed by atoms with E-state index in [1.807, 2.05) is 6.07 Å². The lowest BCUT2D eigenvalue weighted by atomic mass is 10.0. The maximum absolute atomic E-state index is 4.82. The van der Waals surface area contributed by atoms with E-state index in [2.05, 4.69) is 67.4 Å². The maximum Gasteiger partial charge on any atom is 0.0716 e. The number of H-pyrrole nitrogens is 1. The van der Waals surface area contributed by atoms with Gasteiger partial charge in [0.2, 0.25) is 0 Å². The van der Waals surface area contributed by atoms with Gasteiger partial charge < -0.3 is 4.98 Å². The number of aromatic nitrogens is 2. The number of benzene rings is 3. The van der Waals surface area contributed by atoms with Gasteiger partial charge in [0.05, 0.1) is 16.6 Å². The van der Waals surface area contributed by atoms with Crippen LogP contribution in [0.1, 0.15) is 11.3 Å². The van der Waals surface area contributed by atoms with Crippen LogP contribution in [-0.4, -0.2) is 9.97 Å². The normalized spacial score (nSPS) is 11.9. The van der Waals surface area contributed by atoms with Crippen LogP contribution in [0.25, 0.3) is 43.5 Å². The Kier molecular flexibility index (Phi) is 2.38. The predicted octanol–water partition coefficient (Wildman–Crippen LogP) is 5.64. The summed E-state index contributed by atoms with van der Waals surface area (Å²) in [5.74, 6) is 0. The fraction of sp³-hybridized carbons (Fsp3) is 0.0952. The van der Waals surface area contributed by atoms with Gasteiger partial charge in [-0.05, 0) is 43.0 Å². The van der Waals surface area contributed by atoms with Crippen LogP contribution in [0.15, 0.2) is 54.6 Å². The Morgan fingerprint density at radius 1 is 0.739 bits per heavy atom. The number of pyridine rings is 1. The van der Waals surface area contributed by atoms with Crippen LogP contribution < -0.4 is 0 Å². The molecule has 0 aliphatic rings. The quantitative estimate of drug-likeness (QED) is 0.291. The lowest BCUT2D eigenvalue weighted by Gasteiger charge is -2.07. The van der Waals surface area contributed by atoms with Crippen molar-refractivity contribution in [1.29, 1.82) is 0 Å². The molecule has 0 unspecified atom stereocenters. The summed E-state index contributed by atoms with van der Waals surface area (Å²) in [7, 11) is 0. The molecule has 2 heteroatoms. The van der Waals surface area contributed by atoms with E-state index in [9.17, 15) is 0 Å². The third-order valence-corrected chi connectivity index (χ3v) is 4.98. The van der Waals surface area contributed by atoms with Crippen LogP contribution in [0.4, 0.5) is 0 Å². The number of aryl methyl sites for hydroxylation is 2.